The first-order valence-corrected chi connectivity index (χ1v) is 57.8. The largest absolute Gasteiger partial charge is 0.0693 e. The average molecular weight is 1410 g/mol. The molecule has 4 heterocycles. The molecule has 0 spiro atoms. The Labute approximate surface area is 617 Å². The maximum absolute atomic E-state index is 2.57. The smallest absolute Gasteiger partial charge is 0.0510 e. The van der Waals surface area contributed by atoms with E-state index in [0.717, 1.165) is 129 Å². The minimum absolute atomic E-state index is 0.572. The van der Waals surface area contributed by atoms with Crippen molar-refractivity contribution in [2.24, 2.45) is 145 Å². The zero-order valence-electron chi connectivity index (χ0n) is 72.5. The molecule has 0 radical (unpaired) electrons. The van der Waals surface area contributed by atoms with E-state index in [4.69, 9.17) is 0 Å². The van der Waals surface area contributed by atoms with Crippen molar-refractivity contribution in [1.29, 1.82) is 0 Å². The van der Waals surface area contributed by atoms with Gasteiger partial charge >= 0.3 is 0 Å². The first kappa shape index (κ1) is 85.1. The van der Waals surface area contributed by atoms with E-state index in [1.807, 2.05) is 0 Å². The van der Waals surface area contributed by atoms with Crippen molar-refractivity contribution < 1.29 is 0 Å². The van der Waals surface area contributed by atoms with Gasteiger partial charge in [0.15, 0.2) is 0 Å². The van der Waals surface area contributed by atoms with Crippen LogP contribution in [0.2, 0.25) is 99.2 Å². The lowest BCUT2D eigenvalue weighted by Gasteiger charge is -2.58. The van der Waals surface area contributed by atoms with Crippen LogP contribution in [0.25, 0.3) is 0 Å². The van der Waals surface area contributed by atoms with Gasteiger partial charge in [-0.05, 0) is 277 Å². The fourth-order valence-electron chi connectivity index (χ4n) is 28.7. The Hall–Kier alpha value is 0.868. The van der Waals surface area contributed by atoms with Crippen molar-refractivity contribution in [2.75, 3.05) is 0 Å². The van der Waals surface area contributed by atoms with Crippen LogP contribution in [-0.2, 0) is 0 Å². The third-order valence-electron chi connectivity index (χ3n) is 32.7. The average Bonchev–Trinajstić information content (AvgIpc) is 1.67. The van der Waals surface area contributed by atoms with Crippen LogP contribution in [0, 0.1) is 145 Å². The highest BCUT2D eigenvalue weighted by Gasteiger charge is 2.54. The molecule has 10 atom stereocenters. The van der Waals surface area contributed by atoms with Crippen LogP contribution in [0.5, 0.6) is 0 Å². The molecule has 14 saturated carbocycles. The summed E-state index contributed by atoms with van der Waals surface area (Å²) in [5.41, 5.74) is 6.82. The van der Waals surface area contributed by atoms with Gasteiger partial charge in [0.2, 0.25) is 0 Å². The van der Waals surface area contributed by atoms with Gasteiger partial charge in [0.05, 0.1) is 24.2 Å². The Kier molecular flexibility index (Phi) is 29.8. The molecule has 18 aliphatic rings. The Morgan fingerprint density at radius 2 is 0.691 bits per heavy atom. The molecule has 4 heteroatoms. The molecule has 14 aliphatic carbocycles. The summed E-state index contributed by atoms with van der Waals surface area (Å²) < 4.78 is 0. The number of hydrogen-bond acceptors (Lipinski definition) is 0. The first-order chi connectivity index (χ1) is 44.5. The van der Waals surface area contributed by atoms with Crippen LogP contribution < -0.4 is 0 Å². The monoisotopic (exact) mass is 1410 g/mol. The van der Waals surface area contributed by atoms with Gasteiger partial charge in [0.1, 0.15) is 0 Å². The molecule has 97 heavy (non-hydrogen) atoms. The highest BCUT2D eigenvalue weighted by atomic mass is 28.3. The molecule has 0 aromatic heterocycles. The van der Waals surface area contributed by atoms with E-state index < -0.39 is 32.3 Å². The summed E-state index contributed by atoms with van der Waals surface area (Å²) in [4.78, 5) is 0. The molecule has 18 fully saturated rings. The van der Waals surface area contributed by atoms with Gasteiger partial charge in [-0.3, -0.25) is 0 Å². The van der Waals surface area contributed by atoms with Gasteiger partial charge in [-0.1, -0.05) is 312 Å². The van der Waals surface area contributed by atoms with Gasteiger partial charge < -0.3 is 0 Å². The van der Waals surface area contributed by atoms with E-state index in [2.05, 4.69) is 205 Å². The number of rotatable bonds is 3. The summed E-state index contributed by atoms with van der Waals surface area (Å²) in [6.07, 6.45) is 46.0. The maximum atomic E-state index is 2.57. The molecule has 0 aromatic rings. The van der Waals surface area contributed by atoms with Crippen LogP contribution in [0.1, 0.15) is 345 Å². The standard InChI is InChI=1S/C14H24.C12H22.2C11H20.C10H22Si.C10H18.C9H20Si.2C8H18Si/c1-14(2,3)13-11-5-9-4-10(7-11)8-12(13)6-9;1-12(2,3)11-8-9-4-6-10(11)7-5-9;1-11(2,3)10-7-8-4-5-9(10)6-8;1-11(2,3)10-8-4-5-9(10)7-6-8;1-10(2,3)9-7-6-8-11(9,4)5;1-10(2,3)9-7-4-5-8(9)6-7;1-8(2)9-6-5-7-10(9,3)4;1-4-8-5-6-9(2,3)7-8;1-4-8-6-5-7-9(8,2)3/h9-13H,4-8H2,1-3H3;9-11H,4-8H2,1-3H3;2*8-10H,4-7H2,1-3H3;9H,6-8H2,1-5H3;7-9H,4-6H2,1-3H3;8-9H,5-7H2,1-4H3;2*8H,4-7H2,1-3H3. The van der Waals surface area contributed by atoms with Gasteiger partial charge in [0.25, 0.3) is 0 Å². The zero-order valence-corrected chi connectivity index (χ0v) is 76.5. The van der Waals surface area contributed by atoms with Gasteiger partial charge in [-0.15, -0.1) is 0 Å². The summed E-state index contributed by atoms with van der Waals surface area (Å²) in [6, 6.07) is 7.92. The predicted octanol–water partition coefficient (Wildman–Crippen LogP) is 31.8. The molecule has 18 rings (SSSR count). The first-order valence-electron chi connectivity index (χ1n) is 44.5. The van der Waals surface area contributed by atoms with Crippen molar-refractivity contribution >= 4 is 32.3 Å². The van der Waals surface area contributed by atoms with Crippen molar-refractivity contribution in [3.63, 3.8) is 0 Å². The van der Waals surface area contributed by atoms with E-state index in [1.54, 1.807) is 75.2 Å². The summed E-state index contributed by atoms with van der Waals surface area (Å²) in [6.45, 7) is 73.6. The van der Waals surface area contributed by atoms with E-state index in [1.165, 1.54) is 148 Å². The molecule has 0 amide bonds. The SMILES string of the molecule is CC(C)(C)C1C2CC3CC(C2)CC1C3.CC(C)(C)C1C2CCC1C2.CC(C)(C)C1C2CCC1CC2.CC(C)(C)C1CC2CCC1C2.CC(C)(C)C1CC2CCC1CC2.CC(C)(C)C1CCC[Si]1(C)C.CC(C)C1CCC[Si]1(C)C.CCC1CCC[Si]1(C)C.CCC1CC[Si](C)(C)C1. The lowest BCUT2D eigenvalue weighted by molar-refractivity contribution is -0.0811. The van der Waals surface area contributed by atoms with Crippen LogP contribution >= 0.6 is 0 Å². The molecule has 570 valence electrons. The fourth-order valence-corrected chi connectivity index (χ4v) is 44.8. The van der Waals surface area contributed by atoms with Gasteiger partial charge in [0, 0.05) is 8.07 Å². The Balaban J connectivity index is 0.000000154. The van der Waals surface area contributed by atoms with Crippen molar-refractivity contribution in [3.8, 4) is 0 Å². The van der Waals surface area contributed by atoms with Crippen LogP contribution in [-0.4, -0.2) is 32.3 Å². The van der Waals surface area contributed by atoms with E-state index in [-0.39, 0.29) is 0 Å². The van der Waals surface area contributed by atoms with Gasteiger partial charge in [-0.25, -0.2) is 0 Å². The molecule has 0 aromatic carbocycles. The Bertz CT molecular complexity index is 2230. The molecule has 4 saturated heterocycles. The van der Waals surface area contributed by atoms with E-state index in [9.17, 15) is 0 Å². The quantitative estimate of drug-likeness (QED) is 0.247. The van der Waals surface area contributed by atoms with Crippen LogP contribution in [0.15, 0.2) is 0 Å². The van der Waals surface area contributed by atoms with Crippen molar-refractivity contribution in [1.82, 2.24) is 0 Å². The van der Waals surface area contributed by atoms with Crippen LogP contribution in [0.3, 0.4) is 0 Å². The lowest BCUT2D eigenvalue weighted by atomic mass is 9.47. The molecule has 12 bridgehead atoms. The number of hydrogen-bond donors (Lipinski definition) is 0. The van der Waals surface area contributed by atoms with Crippen molar-refractivity contribution in [2.45, 2.75) is 444 Å². The molecule has 0 nitrogen and oxygen atoms in total. The third kappa shape index (κ3) is 23.4. The summed E-state index contributed by atoms with van der Waals surface area (Å²) in [7, 11) is -2.83. The maximum Gasteiger partial charge on any atom is 0.0510 e. The minimum atomic E-state index is -0.805. The minimum Gasteiger partial charge on any atom is -0.0693 e. The van der Waals surface area contributed by atoms with E-state index in [0.29, 0.717) is 32.5 Å². The second kappa shape index (κ2) is 34.0. The Morgan fingerprint density at radius 1 is 0.299 bits per heavy atom. The highest BCUT2D eigenvalue weighted by Crippen LogP contribution is 2.63. The van der Waals surface area contributed by atoms with E-state index >= 15 is 0 Å². The molecular formula is C93H182Si4. The highest BCUT2D eigenvalue weighted by molar-refractivity contribution is 6.80. The normalized spacial score (nSPS) is 39.9. The number of fused-ring (bicyclic) bond motifs is 8. The fraction of sp³-hybridized carbons (Fsp3) is 1.00. The third-order valence-corrected chi connectivity index (χ3v) is 49.8. The summed E-state index contributed by atoms with van der Waals surface area (Å²) >= 11 is 0. The zero-order chi connectivity index (χ0) is 72.5. The van der Waals surface area contributed by atoms with Gasteiger partial charge in [-0.2, -0.15) is 0 Å². The molecule has 4 aliphatic heterocycles. The molecule has 0 N–H and O–H groups in total. The van der Waals surface area contributed by atoms with Crippen LogP contribution in [0.4, 0.5) is 0 Å². The topological polar surface area (TPSA) is 0 Å². The lowest BCUT2D eigenvalue weighted by Crippen LogP contribution is -2.49. The predicted molar refractivity (Wildman–Crippen MR) is 449 cm³/mol. The summed E-state index contributed by atoms with van der Waals surface area (Å²) in [5.74, 6) is 20.6. The second-order valence-electron chi connectivity index (χ2n) is 48.4. The Morgan fingerprint density at radius 3 is 0.928 bits per heavy atom. The second-order valence-corrected chi connectivity index (χ2v) is 69.4. The summed E-state index contributed by atoms with van der Waals surface area (Å²) in [5, 5.41) is 0. The van der Waals surface area contributed by atoms with Crippen molar-refractivity contribution in [3.05, 3.63) is 0 Å². The molecular weight excluding hydrogens is 1230 g/mol. The molecule has 10 unspecified atom stereocenters.